The van der Waals surface area contributed by atoms with Crippen molar-refractivity contribution in [2.24, 2.45) is 0 Å². The Hall–Kier alpha value is -0.300. The normalized spacial score (nSPS) is 15.7. The summed E-state index contributed by atoms with van der Waals surface area (Å²) in [6, 6.07) is 7.12. The molecule has 18 heavy (non-hydrogen) atoms. The van der Waals surface area contributed by atoms with Crippen LogP contribution < -0.4 is 0 Å². The number of alkyl halides is 1. The van der Waals surface area contributed by atoms with Crippen molar-refractivity contribution in [2.45, 2.75) is 69.5 Å². The fraction of sp³-hybridized carbons (Fsp3) is 0.647. The maximum Gasteiger partial charge on any atom is 0.0395 e. The SMILES string of the molecule is CCCCCCCC(Br)c1ccc2c(c1)CCC2. The first kappa shape index (κ1) is 14.1. The van der Waals surface area contributed by atoms with Crippen LogP contribution in [0.1, 0.15) is 73.4 Å². The van der Waals surface area contributed by atoms with Gasteiger partial charge in [-0.2, -0.15) is 0 Å². The topological polar surface area (TPSA) is 0 Å². The molecule has 0 heterocycles. The van der Waals surface area contributed by atoms with Crippen LogP contribution in [-0.2, 0) is 12.8 Å². The van der Waals surface area contributed by atoms with E-state index in [0.29, 0.717) is 4.83 Å². The molecule has 0 N–H and O–H groups in total. The summed E-state index contributed by atoms with van der Waals surface area (Å²) >= 11 is 3.86. The lowest BCUT2D eigenvalue weighted by Crippen LogP contribution is -1.93. The summed E-state index contributed by atoms with van der Waals surface area (Å²) in [4.78, 5) is 0.560. The second kappa shape index (κ2) is 7.33. The molecular weight excluding hydrogens is 284 g/mol. The molecular formula is C17H25Br. The Balaban J connectivity index is 1.80. The minimum Gasteiger partial charge on any atom is -0.0839 e. The summed E-state index contributed by atoms with van der Waals surface area (Å²) in [6.45, 7) is 2.28. The number of unbranched alkanes of at least 4 members (excludes halogenated alkanes) is 4. The van der Waals surface area contributed by atoms with Crippen molar-refractivity contribution in [1.29, 1.82) is 0 Å². The van der Waals surface area contributed by atoms with E-state index in [-0.39, 0.29) is 0 Å². The highest BCUT2D eigenvalue weighted by molar-refractivity contribution is 9.09. The van der Waals surface area contributed by atoms with Crippen LogP contribution in [0.2, 0.25) is 0 Å². The van der Waals surface area contributed by atoms with Gasteiger partial charge in [0, 0.05) is 4.83 Å². The van der Waals surface area contributed by atoms with Crippen molar-refractivity contribution in [3.8, 4) is 0 Å². The lowest BCUT2D eigenvalue weighted by molar-refractivity contribution is 0.606. The van der Waals surface area contributed by atoms with Crippen LogP contribution in [0.5, 0.6) is 0 Å². The summed E-state index contributed by atoms with van der Waals surface area (Å²) in [6.07, 6.45) is 12.1. The zero-order valence-electron chi connectivity index (χ0n) is 11.6. The summed E-state index contributed by atoms with van der Waals surface area (Å²) < 4.78 is 0. The molecule has 0 saturated carbocycles. The maximum absolute atomic E-state index is 3.86. The maximum atomic E-state index is 3.86. The standard InChI is InChI=1S/C17H25Br/c1-2-3-4-5-6-10-17(18)16-12-11-14-8-7-9-15(14)13-16/h11-13,17H,2-10H2,1H3. The molecule has 1 unspecified atom stereocenters. The van der Waals surface area contributed by atoms with Gasteiger partial charge in [-0.3, -0.25) is 0 Å². The van der Waals surface area contributed by atoms with Crippen LogP contribution in [0, 0.1) is 0 Å². The molecule has 0 saturated heterocycles. The van der Waals surface area contributed by atoms with Crippen LogP contribution in [0.15, 0.2) is 18.2 Å². The highest BCUT2D eigenvalue weighted by atomic mass is 79.9. The average molecular weight is 309 g/mol. The third kappa shape index (κ3) is 3.85. The smallest absolute Gasteiger partial charge is 0.0395 e. The van der Waals surface area contributed by atoms with E-state index in [9.17, 15) is 0 Å². The fourth-order valence-electron chi connectivity index (χ4n) is 2.88. The second-order valence-corrected chi connectivity index (χ2v) is 6.66. The largest absolute Gasteiger partial charge is 0.0839 e. The molecule has 0 radical (unpaired) electrons. The highest BCUT2D eigenvalue weighted by Crippen LogP contribution is 2.32. The monoisotopic (exact) mass is 308 g/mol. The Morgan fingerprint density at radius 3 is 2.67 bits per heavy atom. The number of aryl methyl sites for hydroxylation is 2. The Morgan fingerprint density at radius 2 is 1.83 bits per heavy atom. The van der Waals surface area contributed by atoms with Gasteiger partial charge in [-0.1, -0.05) is 73.2 Å². The number of rotatable bonds is 7. The second-order valence-electron chi connectivity index (χ2n) is 5.55. The number of benzene rings is 1. The van der Waals surface area contributed by atoms with Crippen molar-refractivity contribution >= 4 is 15.9 Å². The number of fused-ring (bicyclic) bond motifs is 1. The van der Waals surface area contributed by atoms with E-state index < -0.39 is 0 Å². The molecule has 0 fully saturated rings. The lowest BCUT2D eigenvalue weighted by Gasteiger charge is -2.12. The Kier molecular flexibility index (Phi) is 5.75. The molecule has 1 aliphatic carbocycles. The lowest BCUT2D eigenvalue weighted by atomic mass is 10.0. The first-order chi connectivity index (χ1) is 8.81. The van der Waals surface area contributed by atoms with Gasteiger partial charge in [-0.15, -0.1) is 0 Å². The molecule has 0 nitrogen and oxygen atoms in total. The molecule has 0 aromatic heterocycles. The molecule has 2 rings (SSSR count). The fourth-order valence-corrected chi connectivity index (χ4v) is 3.49. The summed E-state index contributed by atoms with van der Waals surface area (Å²) in [5.41, 5.74) is 4.68. The third-order valence-corrected chi connectivity index (χ3v) is 5.03. The summed E-state index contributed by atoms with van der Waals surface area (Å²) in [5, 5.41) is 0. The van der Waals surface area contributed by atoms with E-state index in [4.69, 9.17) is 0 Å². The average Bonchev–Trinajstić information content (AvgIpc) is 2.85. The van der Waals surface area contributed by atoms with E-state index in [1.165, 1.54) is 63.4 Å². The number of halogens is 1. The van der Waals surface area contributed by atoms with E-state index in [1.54, 1.807) is 11.1 Å². The van der Waals surface area contributed by atoms with Gasteiger partial charge in [0.15, 0.2) is 0 Å². The quantitative estimate of drug-likeness (QED) is 0.430. The van der Waals surface area contributed by atoms with Crippen molar-refractivity contribution in [3.05, 3.63) is 34.9 Å². The molecule has 0 bridgehead atoms. The van der Waals surface area contributed by atoms with Crippen molar-refractivity contribution in [2.75, 3.05) is 0 Å². The molecule has 1 heteroatoms. The van der Waals surface area contributed by atoms with Gasteiger partial charge in [0.25, 0.3) is 0 Å². The number of hydrogen-bond donors (Lipinski definition) is 0. The summed E-state index contributed by atoms with van der Waals surface area (Å²) in [5.74, 6) is 0. The summed E-state index contributed by atoms with van der Waals surface area (Å²) in [7, 11) is 0. The molecule has 1 aromatic rings. The zero-order chi connectivity index (χ0) is 12.8. The van der Waals surface area contributed by atoms with Crippen molar-refractivity contribution in [1.82, 2.24) is 0 Å². The van der Waals surface area contributed by atoms with Crippen LogP contribution in [-0.4, -0.2) is 0 Å². The van der Waals surface area contributed by atoms with Crippen LogP contribution in [0.25, 0.3) is 0 Å². The predicted octanol–water partition coefficient (Wildman–Crippen LogP) is 5.97. The Morgan fingerprint density at radius 1 is 1.06 bits per heavy atom. The zero-order valence-corrected chi connectivity index (χ0v) is 13.1. The van der Waals surface area contributed by atoms with Gasteiger partial charge < -0.3 is 0 Å². The van der Waals surface area contributed by atoms with E-state index in [1.807, 2.05) is 0 Å². The van der Waals surface area contributed by atoms with Gasteiger partial charge in [0.2, 0.25) is 0 Å². The van der Waals surface area contributed by atoms with E-state index >= 15 is 0 Å². The van der Waals surface area contributed by atoms with Crippen molar-refractivity contribution in [3.63, 3.8) is 0 Å². The molecule has 0 spiro atoms. The van der Waals surface area contributed by atoms with Crippen LogP contribution >= 0.6 is 15.9 Å². The minimum atomic E-state index is 0.560. The van der Waals surface area contributed by atoms with E-state index in [0.717, 1.165) is 0 Å². The highest BCUT2D eigenvalue weighted by Gasteiger charge is 2.13. The van der Waals surface area contributed by atoms with Gasteiger partial charge in [0.1, 0.15) is 0 Å². The van der Waals surface area contributed by atoms with E-state index in [2.05, 4.69) is 41.1 Å². The molecule has 100 valence electrons. The molecule has 1 atom stereocenters. The van der Waals surface area contributed by atoms with Gasteiger partial charge in [-0.05, 0) is 42.4 Å². The van der Waals surface area contributed by atoms with Crippen LogP contribution in [0.4, 0.5) is 0 Å². The minimum absolute atomic E-state index is 0.560. The first-order valence-corrected chi connectivity index (χ1v) is 8.48. The Bertz CT molecular complexity index is 370. The number of hydrogen-bond acceptors (Lipinski definition) is 0. The molecule has 1 aromatic carbocycles. The molecule has 0 amide bonds. The van der Waals surface area contributed by atoms with Crippen LogP contribution in [0.3, 0.4) is 0 Å². The first-order valence-electron chi connectivity index (χ1n) is 7.57. The van der Waals surface area contributed by atoms with Gasteiger partial charge in [0.05, 0.1) is 0 Å². The van der Waals surface area contributed by atoms with Gasteiger partial charge in [-0.25, -0.2) is 0 Å². The predicted molar refractivity (Wildman–Crippen MR) is 83.5 cm³/mol. The van der Waals surface area contributed by atoms with Crippen molar-refractivity contribution < 1.29 is 0 Å². The Labute approximate surface area is 120 Å². The van der Waals surface area contributed by atoms with Gasteiger partial charge >= 0.3 is 0 Å². The molecule has 0 aliphatic heterocycles. The molecule has 1 aliphatic rings. The third-order valence-electron chi connectivity index (χ3n) is 4.05.